The van der Waals surface area contributed by atoms with Gasteiger partial charge in [0, 0.05) is 26.2 Å². The van der Waals surface area contributed by atoms with Crippen molar-refractivity contribution in [3.63, 3.8) is 0 Å². The van der Waals surface area contributed by atoms with Crippen LogP contribution in [0.5, 0.6) is 0 Å². The highest BCUT2D eigenvalue weighted by molar-refractivity contribution is 5.30. The van der Waals surface area contributed by atoms with Crippen LogP contribution in [0.3, 0.4) is 0 Å². The van der Waals surface area contributed by atoms with Gasteiger partial charge in [0.1, 0.15) is 0 Å². The lowest BCUT2D eigenvalue weighted by molar-refractivity contribution is 0.428. The molecule has 0 saturated carbocycles. The van der Waals surface area contributed by atoms with Crippen molar-refractivity contribution >= 4 is 5.95 Å². The predicted molar refractivity (Wildman–Crippen MR) is 62.3 cm³/mol. The molecule has 2 heterocycles. The molecule has 1 aliphatic rings. The number of nitrogens with one attached hydrogen (secondary N) is 1. The van der Waals surface area contributed by atoms with E-state index in [1.54, 1.807) is 4.68 Å². The Balaban J connectivity index is 2.07. The standard InChI is InChI=1S/C10H20N6/c1-3-11-8-9-6-4-5-7-16(9)10-12-13-14-15(10)2/h9,11H,3-8H2,1-2H3. The van der Waals surface area contributed by atoms with E-state index < -0.39 is 0 Å². The lowest BCUT2D eigenvalue weighted by Gasteiger charge is -2.35. The van der Waals surface area contributed by atoms with Gasteiger partial charge in [-0.15, -0.1) is 0 Å². The molecule has 1 unspecified atom stereocenters. The second kappa shape index (κ2) is 5.25. The van der Waals surface area contributed by atoms with E-state index in [9.17, 15) is 0 Å². The van der Waals surface area contributed by atoms with Crippen LogP contribution >= 0.6 is 0 Å². The molecule has 1 aromatic heterocycles. The first-order chi connectivity index (χ1) is 7.83. The first-order valence-corrected chi connectivity index (χ1v) is 6.02. The number of nitrogens with zero attached hydrogens (tertiary/aromatic N) is 5. The molecule has 6 heteroatoms. The smallest absolute Gasteiger partial charge is 0.245 e. The lowest BCUT2D eigenvalue weighted by Crippen LogP contribution is -2.46. The molecule has 1 fully saturated rings. The fraction of sp³-hybridized carbons (Fsp3) is 0.900. The quantitative estimate of drug-likeness (QED) is 0.790. The van der Waals surface area contributed by atoms with Crippen molar-refractivity contribution in [2.24, 2.45) is 7.05 Å². The Bertz CT molecular complexity index is 323. The highest BCUT2D eigenvalue weighted by Gasteiger charge is 2.25. The topological polar surface area (TPSA) is 58.9 Å². The van der Waals surface area contributed by atoms with Crippen molar-refractivity contribution in [2.45, 2.75) is 32.2 Å². The molecule has 16 heavy (non-hydrogen) atoms. The van der Waals surface area contributed by atoms with Gasteiger partial charge in [0.05, 0.1) is 0 Å². The van der Waals surface area contributed by atoms with E-state index >= 15 is 0 Å². The van der Waals surface area contributed by atoms with E-state index in [0.29, 0.717) is 6.04 Å². The second-order valence-corrected chi connectivity index (χ2v) is 4.25. The molecular formula is C10H20N6. The minimum Gasteiger partial charge on any atom is -0.335 e. The lowest BCUT2D eigenvalue weighted by atomic mass is 10.0. The average Bonchev–Trinajstić information content (AvgIpc) is 2.73. The number of likely N-dealkylation sites (N-methyl/N-ethyl adjacent to an activating group) is 1. The molecule has 0 aromatic carbocycles. The van der Waals surface area contributed by atoms with Crippen LogP contribution in [0.2, 0.25) is 0 Å². The van der Waals surface area contributed by atoms with Gasteiger partial charge in [-0.25, -0.2) is 4.68 Å². The number of aromatic nitrogens is 4. The van der Waals surface area contributed by atoms with Crippen molar-refractivity contribution in [3.05, 3.63) is 0 Å². The van der Waals surface area contributed by atoms with E-state index in [1.807, 2.05) is 7.05 Å². The Hall–Kier alpha value is -1.17. The van der Waals surface area contributed by atoms with Gasteiger partial charge in [0.25, 0.3) is 0 Å². The van der Waals surface area contributed by atoms with Gasteiger partial charge in [-0.2, -0.15) is 0 Å². The van der Waals surface area contributed by atoms with Gasteiger partial charge < -0.3 is 10.2 Å². The summed E-state index contributed by atoms with van der Waals surface area (Å²) in [6.45, 7) is 5.23. The maximum absolute atomic E-state index is 4.10. The van der Waals surface area contributed by atoms with Crippen molar-refractivity contribution in [1.29, 1.82) is 0 Å². The number of tetrazole rings is 1. The van der Waals surface area contributed by atoms with Crippen LogP contribution in [0.25, 0.3) is 0 Å². The van der Waals surface area contributed by atoms with Gasteiger partial charge in [-0.1, -0.05) is 12.0 Å². The number of hydrogen-bond donors (Lipinski definition) is 1. The van der Waals surface area contributed by atoms with Crippen LogP contribution in [0.15, 0.2) is 0 Å². The van der Waals surface area contributed by atoms with Crippen molar-refractivity contribution in [2.75, 3.05) is 24.5 Å². The molecule has 1 saturated heterocycles. The molecule has 6 nitrogen and oxygen atoms in total. The molecule has 1 atom stereocenters. The average molecular weight is 224 g/mol. The first-order valence-electron chi connectivity index (χ1n) is 6.02. The van der Waals surface area contributed by atoms with Gasteiger partial charge >= 0.3 is 0 Å². The number of anilines is 1. The number of hydrogen-bond acceptors (Lipinski definition) is 5. The van der Waals surface area contributed by atoms with Gasteiger partial charge in [0.2, 0.25) is 5.95 Å². The minimum atomic E-state index is 0.526. The molecule has 0 amide bonds. The molecule has 90 valence electrons. The Kier molecular flexibility index (Phi) is 3.71. The summed E-state index contributed by atoms with van der Waals surface area (Å²) < 4.78 is 1.75. The summed E-state index contributed by atoms with van der Waals surface area (Å²) in [6.07, 6.45) is 3.76. The summed E-state index contributed by atoms with van der Waals surface area (Å²) in [6, 6.07) is 0.526. The Morgan fingerprint density at radius 1 is 1.44 bits per heavy atom. The molecule has 0 aliphatic carbocycles. The largest absolute Gasteiger partial charge is 0.335 e. The number of rotatable bonds is 4. The molecule has 0 spiro atoms. The minimum absolute atomic E-state index is 0.526. The van der Waals surface area contributed by atoms with E-state index in [2.05, 4.69) is 32.7 Å². The van der Waals surface area contributed by atoms with E-state index in [-0.39, 0.29) is 0 Å². The van der Waals surface area contributed by atoms with Gasteiger partial charge in [-0.3, -0.25) is 0 Å². The van der Waals surface area contributed by atoms with Gasteiger partial charge in [0.15, 0.2) is 0 Å². The third-order valence-electron chi connectivity index (χ3n) is 3.11. The Labute approximate surface area is 96.0 Å². The molecule has 1 aromatic rings. The predicted octanol–water partition coefficient (Wildman–Crippen LogP) is 0.178. The molecule has 1 N–H and O–H groups in total. The maximum Gasteiger partial charge on any atom is 0.245 e. The monoisotopic (exact) mass is 224 g/mol. The van der Waals surface area contributed by atoms with Crippen LogP contribution < -0.4 is 10.2 Å². The van der Waals surface area contributed by atoms with Crippen LogP contribution in [-0.4, -0.2) is 45.9 Å². The van der Waals surface area contributed by atoms with Gasteiger partial charge in [-0.05, 0) is 36.2 Å². The number of aryl methyl sites for hydroxylation is 1. The molecule has 2 rings (SSSR count). The molecule has 1 aliphatic heterocycles. The zero-order valence-electron chi connectivity index (χ0n) is 10.1. The SMILES string of the molecule is CCNCC1CCCCN1c1nnnn1C. The zero-order valence-corrected chi connectivity index (χ0v) is 10.1. The van der Waals surface area contributed by atoms with E-state index in [1.165, 1.54) is 19.3 Å². The van der Waals surface area contributed by atoms with Crippen LogP contribution in [-0.2, 0) is 7.05 Å². The van der Waals surface area contributed by atoms with Crippen molar-refractivity contribution in [1.82, 2.24) is 25.5 Å². The molecule has 0 bridgehead atoms. The maximum atomic E-state index is 4.10. The second-order valence-electron chi connectivity index (χ2n) is 4.25. The van der Waals surface area contributed by atoms with E-state index in [4.69, 9.17) is 0 Å². The summed E-state index contributed by atoms with van der Waals surface area (Å²) in [5.74, 6) is 0.891. The zero-order chi connectivity index (χ0) is 11.4. The Morgan fingerprint density at radius 2 is 2.31 bits per heavy atom. The fourth-order valence-electron chi connectivity index (χ4n) is 2.26. The van der Waals surface area contributed by atoms with Crippen LogP contribution in [0.4, 0.5) is 5.95 Å². The van der Waals surface area contributed by atoms with Crippen LogP contribution in [0.1, 0.15) is 26.2 Å². The van der Waals surface area contributed by atoms with Crippen LogP contribution in [0, 0.1) is 0 Å². The summed E-state index contributed by atoms with van der Waals surface area (Å²) in [5, 5.41) is 15.1. The third kappa shape index (κ3) is 2.32. The third-order valence-corrected chi connectivity index (χ3v) is 3.11. The number of piperidine rings is 1. The summed E-state index contributed by atoms with van der Waals surface area (Å²) in [7, 11) is 1.90. The van der Waals surface area contributed by atoms with E-state index in [0.717, 1.165) is 25.6 Å². The molecular weight excluding hydrogens is 204 g/mol. The van der Waals surface area contributed by atoms with Crippen molar-refractivity contribution in [3.8, 4) is 0 Å². The summed E-state index contributed by atoms with van der Waals surface area (Å²) >= 11 is 0. The first kappa shape index (κ1) is 11.3. The summed E-state index contributed by atoms with van der Waals surface area (Å²) in [5.41, 5.74) is 0. The normalized spacial score (nSPS) is 21.4. The highest BCUT2D eigenvalue weighted by atomic mass is 15.6. The molecule has 0 radical (unpaired) electrons. The van der Waals surface area contributed by atoms with Crippen molar-refractivity contribution < 1.29 is 0 Å². The highest BCUT2D eigenvalue weighted by Crippen LogP contribution is 2.21. The summed E-state index contributed by atoms with van der Waals surface area (Å²) in [4.78, 5) is 2.33. The fourth-order valence-corrected chi connectivity index (χ4v) is 2.26. The Morgan fingerprint density at radius 3 is 3.00 bits per heavy atom.